The van der Waals surface area contributed by atoms with Gasteiger partial charge in [0.15, 0.2) is 0 Å². The lowest BCUT2D eigenvalue weighted by atomic mass is 10.0. The molecule has 4 heteroatoms. The fourth-order valence-electron chi connectivity index (χ4n) is 1.39. The molecule has 1 aliphatic rings. The van der Waals surface area contributed by atoms with E-state index >= 15 is 0 Å². The standard InChI is InChI=1S/C9H6O4/c1-4-2-5(10)3-6-7(4)9(12)13-8(6)11/h2-3,10H,1H3. The molecule has 0 bridgehead atoms. The number of carbonyl (C=O) groups is 2. The van der Waals surface area contributed by atoms with Crippen LogP contribution in [0.2, 0.25) is 0 Å². The van der Waals surface area contributed by atoms with Crippen molar-refractivity contribution in [2.45, 2.75) is 6.92 Å². The Morgan fingerprint density at radius 2 is 1.92 bits per heavy atom. The van der Waals surface area contributed by atoms with Crippen molar-refractivity contribution < 1.29 is 19.4 Å². The summed E-state index contributed by atoms with van der Waals surface area (Å²) >= 11 is 0. The van der Waals surface area contributed by atoms with E-state index in [1.54, 1.807) is 6.92 Å². The Balaban J connectivity index is 2.77. The molecule has 66 valence electrons. The van der Waals surface area contributed by atoms with Crippen LogP contribution >= 0.6 is 0 Å². The molecule has 0 aliphatic carbocycles. The van der Waals surface area contributed by atoms with Gasteiger partial charge in [-0.1, -0.05) is 0 Å². The van der Waals surface area contributed by atoms with Crippen LogP contribution < -0.4 is 0 Å². The van der Waals surface area contributed by atoms with Crippen molar-refractivity contribution in [3.63, 3.8) is 0 Å². The van der Waals surface area contributed by atoms with E-state index in [9.17, 15) is 9.59 Å². The van der Waals surface area contributed by atoms with Crippen LogP contribution in [0, 0.1) is 6.92 Å². The maximum Gasteiger partial charge on any atom is 0.347 e. The highest BCUT2D eigenvalue weighted by Gasteiger charge is 2.31. The van der Waals surface area contributed by atoms with E-state index in [0.717, 1.165) is 0 Å². The molecule has 2 rings (SSSR count). The average molecular weight is 178 g/mol. The zero-order valence-corrected chi connectivity index (χ0v) is 6.83. The Morgan fingerprint density at radius 1 is 1.23 bits per heavy atom. The number of aromatic hydroxyl groups is 1. The Morgan fingerprint density at radius 3 is 2.62 bits per heavy atom. The van der Waals surface area contributed by atoms with Crippen molar-refractivity contribution in [1.29, 1.82) is 0 Å². The topological polar surface area (TPSA) is 63.6 Å². The molecule has 4 nitrogen and oxygen atoms in total. The van der Waals surface area contributed by atoms with Gasteiger partial charge < -0.3 is 9.84 Å². The van der Waals surface area contributed by atoms with E-state index in [0.29, 0.717) is 5.56 Å². The van der Waals surface area contributed by atoms with Crippen LogP contribution in [0.25, 0.3) is 0 Å². The molecule has 0 spiro atoms. The van der Waals surface area contributed by atoms with Crippen LogP contribution in [0.1, 0.15) is 26.3 Å². The van der Waals surface area contributed by atoms with Gasteiger partial charge in [-0.25, -0.2) is 9.59 Å². The number of hydrogen-bond acceptors (Lipinski definition) is 4. The maximum absolute atomic E-state index is 11.1. The number of carbonyl (C=O) groups excluding carboxylic acids is 2. The Bertz CT molecular complexity index is 420. The predicted octanol–water partition coefficient (Wildman–Crippen LogP) is 1.01. The van der Waals surface area contributed by atoms with Gasteiger partial charge >= 0.3 is 11.9 Å². The summed E-state index contributed by atoms with van der Waals surface area (Å²) in [7, 11) is 0. The van der Waals surface area contributed by atoms with Crippen LogP contribution in [-0.4, -0.2) is 17.0 Å². The molecule has 1 heterocycles. The lowest BCUT2D eigenvalue weighted by Gasteiger charge is -1.98. The Labute approximate surface area is 73.8 Å². The second-order valence-electron chi connectivity index (χ2n) is 2.86. The zero-order valence-electron chi connectivity index (χ0n) is 6.83. The molecule has 0 saturated heterocycles. The summed E-state index contributed by atoms with van der Waals surface area (Å²) < 4.78 is 4.38. The van der Waals surface area contributed by atoms with Gasteiger partial charge in [-0.3, -0.25) is 0 Å². The summed E-state index contributed by atoms with van der Waals surface area (Å²) in [6.45, 7) is 1.64. The first kappa shape index (κ1) is 7.79. The molecule has 1 aromatic rings. The van der Waals surface area contributed by atoms with Gasteiger partial charge in [0.25, 0.3) is 0 Å². The molecule has 0 aromatic heterocycles. The van der Waals surface area contributed by atoms with Crippen molar-refractivity contribution in [1.82, 2.24) is 0 Å². The van der Waals surface area contributed by atoms with Gasteiger partial charge in [-0.2, -0.15) is 0 Å². The number of hydrogen-bond donors (Lipinski definition) is 1. The molecular formula is C9H6O4. The number of phenols is 1. The monoisotopic (exact) mass is 178 g/mol. The number of fused-ring (bicyclic) bond motifs is 1. The average Bonchev–Trinajstić information content (AvgIpc) is 2.27. The minimum atomic E-state index is -0.695. The zero-order chi connectivity index (χ0) is 9.59. The highest BCUT2D eigenvalue weighted by atomic mass is 16.6. The first-order valence-electron chi connectivity index (χ1n) is 3.69. The summed E-state index contributed by atoms with van der Waals surface area (Å²) in [5, 5.41) is 9.16. The lowest BCUT2D eigenvalue weighted by molar-refractivity contribution is 0.0443. The Kier molecular flexibility index (Phi) is 1.39. The molecule has 0 saturated carbocycles. The predicted molar refractivity (Wildman–Crippen MR) is 42.6 cm³/mol. The number of phenolic OH excluding ortho intramolecular Hbond substituents is 1. The van der Waals surface area contributed by atoms with Crippen molar-refractivity contribution in [3.8, 4) is 5.75 Å². The largest absolute Gasteiger partial charge is 0.508 e. The summed E-state index contributed by atoms with van der Waals surface area (Å²) in [6.07, 6.45) is 0. The van der Waals surface area contributed by atoms with Crippen molar-refractivity contribution in [2.75, 3.05) is 0 Å². The first-order valence-corrected chi connectivity index (χ1v) is 3.69. The second kappa shape index (κ2) is 2.32. The minimum Gasteiger partial charge on any atom is -0.508 e. The molecule has 0 unspecified atom stereocenters. The lowest BCUT2D eigenvalue weighted by Crippen LogP contribution is -1.97. The van der Waals surface area contributed by atoms with Gasteiger partial charge in [0.05, 0.1) is 11.1 Å². The molecule has 0 atom stereocenters. The Hall–Kier alpha value is -1.84. The first-order chi connectivity index (χ1) is 6.09. The number of benzene rings is 1. The normalized spacial score (nSPS) is 14.2. The molecule has 1 aromatic carbocycles. The molecule has 0 radical (unpaired) electrons. The van der Waals surface area contributed by atoms with E-state index in [2.05, 4.69) is 4.74 Å². The smallest absolute Gasteiger partial charge is 0.347 e. The van der Waals surface area contributed by atoms with Crippen LogP contribution in [0.15, 0.2) is 12.1 Å². The summed E-state index contributed by atoms with van der Waals surface area (Å²) in [4.78, 5) is 22.1. The fourth-order valence-corrected chi connectivity index (χ4v) is 1.39. The van der Waals surface area contributed by atoms with Crippen LogP contribution in [0.4, 0.5) is 0 Å². The number of cyclic esters (lactones) is 2. The number of esters is 2. The SMILES string of the molecule is Cc1cc(O)cc2c1C(=O)OC2=O. The minimum absolute atomic E-state index is 0.0390. The van der Waals surface area contributed by atoms with Crippen molar-refractivity contribution in [2.24, 2.45) is 0 Å². The highest BCUT2D eigenvalue weighted by Crippen LogP contribution is 2.27. The van der Waals surface area contributed by atoms with Gasteiger partial charge in [0.2, 0.25) is 0 Å². The third-order valence-corrected chi connectivity index (χ3v) is 1.93. The number of aryl methyl sites for hydroxylation is 1. The van der Waals surface area contributed by atoms with Crippen molar-refractivity contribution >= 4 is 11.9 Å². The van der Waals surface area contributed by atoms with E-state index in [1.807, 2.05) is 0 Å². The fraction of sp³-hybridized carbons (Fsp3) is 0.111. The van der Waals surface area contributed by atoms with E-state index < -0.39 is 11.9 Å². The van der Waals surface area contributed by atoms with E-state index in [4.69, 9.17) is 5.11 Å². The summed E-state index contributed by atoms with van der Waals surface area (Å²) in [5.74, 6) is -1.38. The van der Waals surface area contributed by atoms with E-state index in [-0.39, 0.29) is 16.9 Å². The molecular weight excluding hydrogens is 172 g/mol. The highest BCUT2D eigenvalue weighted by molar-refractivity contribution is 6.15. The maximum atomic E-state index is 11.1. The van der Waals surface area contributed by atoms with E-state index in [1.165, 1.54) is 12.1 Å². The van der Waals surface area contributed by atoms with Gasteiger partial charge in [-0.15, -0.1) is 0 Å². The summed E-state index contributed by atoms with van der Waals surface area (Å²) in [5.41, 5.74) is 0.941. The van der Waals surface area contributed by atoms with Crippen molar-refractivity contribution in [3.05, 3.63) is 28.8 Å². The van der Waals surface area contributed by atoms with Crippen LogP contribution in [0.3, 0.4) is 0 Å². The molecule has 13 heavy (non-hydrogen) atoms. The third-order valence-electron chi connectivity index (χ3n) is 1.93. The number of rotatable bonds is 0. The van der Waals surface area contributed by atoms with Crippen LogP contribution in [0.5, 0.6) is 5.75 Å². The molecule has 1 aliphatic heterocycles. The van der Waals surface area contributed by atoms with Gasteiger partial charge in [-0.05, 0) is 24.6 Å². The van der Waals surface area contributed by atoms with Gasteiger partial charge in [0, 0.05) is 0 Å². The quantitative estimate of drug-likeness (QED) is 0.475. The van der Waals surface area contributed by atoms with Crippen LogP contribution in [-0.2, 0) is 4.74 Å². The second-order valence-corrected chi connectivity index (χ2v) is 2.86. The molecule has 0 fully saturated rings. The number of ether oxygens (including phenoxy) is 1. The molecule has 1 N–H and O–H groups in total. The third kappa shape index (κ3) is 0.989. The summed E-state index contributed by atoms with van der Waals surface area (Å²) in [6, 6.07) is 2.65. The van der Waals surface area contributed by atoms with Gasteiger partial charge in [0.1, 0.15) is 5.75 Å². The molecule has 0 amide bonds.